The maximum Gasteiger partial charge on any atom is 0.338 e. The van der Waals surface area contributed by atoms with Gasteiger partial charge in [0, 0.05) is 0 Å². The van der Waals surface area contributed by atoms with Crippen molar-refractivity contribution >= 4 is 11.5 Å². The second-order valence-electron chi connectivity index (χ2n) is 6.46. The van der Waals surface area contributed by atoms with E-state index in [9.17, 15) is 4.79 Å². The van der Waals surface area contributed by atoms with Gasteiger partial charge in [0.25, 0.3) is 0 Å². The minimum atomic E-state index is -0.354. The number of hydrogen-bond donors (Lipinski definition) is 0. The summed E-state index contributed by atoms with van der Waals surface area (Å²) >= 11 is 0. The van der Waals surface area contributed by atoms with Gasteiger partial charge in [-0.05, 0) is 47.4 Å². The molecular weight excluding hydrogens is 364 g/mol. The third-order valence-corrected chi connectivity index (χ3v) is 4.53. The van der Waals surface area contributed by atoms with E-state index in [1.54, 1.807) is 14.2 Å². The third-order valence-electron chi connectivity index (χ3n) is 4.53. The van der Waals surface area contributed by atoms with Crippen LogP contribution in [0.25, 0.3) is 5.57 Å². The molecule has 3 rings (SSSR count). The summed E-state index contributed by atoms with van der Waals surface area (Å²) in [5.74, 6) is 1.18. The van der Waals surface area contributed by atoms with Gasteiger partial charge in [0.2, 0.25) is 0 Å². The van der Waals surface area contributed by atoms with Gasteiger partial charge in [-0.15, -0.1) is 0 Å². The first-order chi connectivity index (χ1) is 14.2. The van der Waals surface area contributed by atoms with Crippen molar-refractivity contribution in [1.82, 2.24) is 0 Å². The van der Waals surface area contributed by atoms with E-state index in [-0.39, 0.29) is 12.6 Å². The quantitative estimate of drug-likeness (QED) is 0.399. The average Bonchev–Trinajstić information content (AvgIpc) is 2.79. The Morgan fingerprint density at radius 3 is 1.93 bits per heavy atom. The number of carbonyl (C=O) groups is 1. The van der Waals surface area contributed by atoms with E-state index in [2.05, 4.69) is 0 Å². The Balaban J connectivity index is 1.80. The van der Waals surface area contributed by atoms with Gasteiger partial charge in [-0.3, -0.25) is 0 Å². The fourth-order valence-corrected chi connectivity index (χ4v) is 2.87. The lowest BCUT2D eigenvalue weighted by Gasteiger charge is -2.10. The molecule has 0 saturated heterocycles. The average molecular weight is 388 g/mol. The number of ether oxygens (including phenoxy) is 3. The first-order valence-corrected chi connectivity index (χ1v) is 9.38. The smallest absolute Gasteiger partial charge is 0.338 e. The Morgan fingerprint density at radius 1 is 0.759 bits per heavy atom. The van der Waals surface area contributed by atoms with Crippen LogP contribution in [0.1, 0.15) is 16.7 Å². The topological polar surface area (TPSA) is 44.8 Å². The molecule has 0 amide bonds. The minimum Gasteiger partial charge on any atom is -0.497 e. The number of benzene rings is 3. The monoisotopic (exact) mass is 388 g/mol. The highest BCUT2D eigenvalue weighted by atomic mass is 16.5. The molecule has 0 spiro atoms. The standard InChI is InChI=1S/C25H24O4/c1-27-22-13-8-19(9-14-22)10-17-24(21-11-15-23(28-2)16-12-21)25(26)29-18-20-6-4-3-5-7-20/h3-9,11-17H,10,18H2,1-2H3. The third kappa shape index (κ3) is 5.72. The molecule has 4 nitrogen and oxygen atoms in total. The highest BCUT2D eigenvalue weighted by Gasteiger charge is 2.14. The maximum atomic E-state index is 12.9. The second-order valence-corrected chi connectivity index (χ2v) is 6.46. The molecule has 3 aromatic carbocycles. The molecule has 0 aliphatic heterocycles. The molecule has 3 aromatic rings. The number of esters is 1. The van der Waals surface area contributed by atoms with Crippen molar-refractivity contribution in [1.29, 1.82) is 0 Å². The molecule has 29 heavy (non-hydrogen) atoms. The van der Waals surface area contributed by atoms with E-state index in [1.807, 2.05) is 84.9 Å². The summed E-state index contributed by atoms with van der Waals surface area (Å²) in [5.41, 5.74) is 3.34. The van der Waals surface area contributed by atoms with Crippen LogP contribution in [0.2, 0.25) is 0 Å². The molecule has 4 heteroatoms. The lowest BCUT2D eigenvalue weighted by Crippen LogP contribution is -2.08. The Hall–Kier alpha value is -3.53. The van der Waals surface area contributed by atoms with E-state index >= 15 is 0 Å². The molecule has 148 valence electrons. The summed E-state index contributed by atoms with van der Waals surface area (Å²) in [5, 5.41) is 0. The van der Waals surface area contributed by atoms with Crippen molar-refractivity contribution in [2.75, 3.05) is 14.2 Å². The largest absolute Gasteiger partial charge is 0.497 e. The molecule has 0 bridgehead atoms. The SMILES string of the molecule is COc1ccc(CC=C(C(=O)OCc2ccccc2)c2ccc(OC)cc2)cc1. The van der Waals surface area contributed by atoms with Crippen molar-refractivity contribution in [3.63, 3.8) is 0 Å². The van der Waals surface area contributed by atoms with Crippen molar-refractivity contribution in [3.05, 3.63) is 102 Å². The van der Waals surface area contributed by atoms with Crippen molar-refractivity contribution in [2.24, 2.45) is 0 Å². The van der Waals surface area contributed by atoms with Crippen molar-refractivity contribution < 1.29 is 19.0 Å². The molecule has 0 saturated carbocycles. The molecule has 0 N–H and O–H groups in total. The van der Waals surface area contributed by atoms with E-state index in [4.69, 9.17) is 14.2 Å². The molecular formula is C25H24O4. The number of methoxy groups -OCH3 is 2. The number of carbonyl (C=O) groups excluding carboxylic acids is 1. The lowest BCUT2D eigenvalue weighted by molar-refractivity contribution is -0.137. The van der Waals surface area contributed by atoms with E-state index in [0.29, 0.717) is 12.0 Å². The van der Waals surface area contributed by atoms with E-state index < -0.39 is 0 Å². The van der Waals surface area contributed by atoms with Gasteiger partial charge in [0.1, 0.15) is 18.1 Å². The van der Waals surface area contributed by atoms with Crippen LogP contribution in [-0.2, 0) is 22.6 Å². The van der Waals surface area contributed by atoms with Crippen LogP contribution in [0.3, 0.4) is 0 Å². The summed E-state index contributed by atoms with van der Waals surface area (Å²) in [6, 6.07) is 24.8. The maximum absolute atomic E-state index is 12.9. The normalized spacial score (nSPS) is 11.0. The van der Waals surface area contributed by atoms with Crippen LogP contribution < -0.4 is 9.47 Å². The zero-order valence-electron chi connectivity index (χ0n) is 16.6. The van der Waals surface area contributed by atoms with Gasteiger partial charge in [0.15, 0.2) is 0 Å². The fraction of sp³-hybridized carbons (Fsp3) is 0.160. The predicted octanol–water partition coefficient (Wildman–Crippen LogP) is 5.07. The van der Waals surface area contributed by atoms with Crippen LogP contribution in [0.5, 0.6) is 11.5 Å². The molecule has 0 atom stereocenters. The minimum absolute atomic E-state index is 0.232. The zero-order valence-corrected chi connectivity index (χ0v) is 16.6. The van der Waals surface area contributed by atoms with Crippen LogP contribution in [0, 0.1) is 0 Å². The van der Waals surface area contributed by atoms with Gasteiger partial charge >= 0.3 is 5.97 Å². The highest BCUT2D eigenvalue weighted by molar-refractivity contribution is 6.16. The summed E-state index contributed by atoms with van der Waals surface area (Å²) in [7, 11) is 3.25. The summed E-state index contributed by atoms with van der Waals surface area (Å²) in [6.45, 7) is 0.232. The molecule has 0 aromatic heterocycles. The first-order valence-electron chi connectivity index (χ1n) is 9.38. The number of hydrogen-bond acceptors (Lipinski definition) is 4. The van der Waals surface area contributed by atoms with Crippen molar-refractivity contribution in [2.45, 2.75) is 13.0 Å². The molecule has 0 heterocycles. The van der Waals surface area contributed by atoms with Gasteiger partial charge in [-0.25, -0.2) is 4.79 Å². The Kier molecular flexibility index (Phi) is 7.06. The van der Waals surface area contributed by atoms with Crippen LogP contribution in [-0.4, -0.2) is 20.2 Å². The highest BCUT2D eigenvalue weighted by Crippen LogP contribution is 2.22. The van der Waals surface area contributed by atoms with E-state index in [0.717, 1.165) is 28.2 Å². The molecule has 0 aliphatic carbocycles. The first kappa shape index (κ1) is 20.2. The molecule has 0 unspecified atom stereocenters. The summed E-state index contributed by atoms with van der Waals surface area (Å²) < 4.78 is 16.0. The Morgan fingerprint density at radius 2 is 1.34 bits per heavy atom. The van der Waals surface area contributed by atoms with Gasteiger partial charge < -0.3 is 14.2 Å². The summed E-state index contributed by atoms with van der Waals surface area (Å²) in [4.78, 5) is 12.9. The van der Waals surface area contributed by atoms with Crippen LogP contribution in [0.15, 0.2) is 84.9 Å². The number of rotatable bonds is 8. The van der Waals surface area contributed by atoms with Gasteiger partial charge in [-0.1, -0.05) is 60.7 Å². The fourth-order valence-electron chi connectivity index (χ4n) is 2.87. The Labute approximate surface area is 171 Å². The van der Waals surface area contributed by atoms with Crippen LogP contribution >= 0.6 is 0 Å². The van der Waals surface area contributed by atoms with E-state index in [1.165, 1.54) is 0 Å². The zero-order chi connectivity index (χ0) is 20.5. The molecule has 0 fully saturated rings. The molecule has 0 aliphatic rings. The summed E-state index contributed by atoms with van der Waals surface area (Å²) in [6.07, 6.45) is 2.50. The van der Waals surface area contributed by atoms with Gasteiger partial charge in [0.05, 0.1) is 19.8 Å². The van der Waals surface area contributed by atoms with Crippen LogP contribution in [0.4, 0.5) is 0 Å². The van der Waals surface area contributed by atoms with Gasteiger partial charge in [-0.2, -0.15) is 0 Å². The molecule has 0 radical (unpaired) electrons. The predicted molar refractivity (Wildman–Crippen MR) is 114 cm³/mol. The Bertz CT molecular complexity index is 942. The number of allylic oxidation sites excluding steroid dienone is 1. The second kappa shape index (κ2) is 10.1. The van der Waals surface area contributed by atoms with Crippen molar-refractivity contribution in [3.8, 4) is 11.5 Å². The lowest BCUT2D eigenvalue weighted by atomic mass is 10.0.